The van der Waals surface area contributed by atoms with Gasteiger partial charge >= 0.3 is 0 Å². The summed E-state index contributed by atoms with van der Waals surface area (Å²) in [5.74, 6) is 0. The third kappa shape index (κ3) is 7.02. The molecule has 2 nitrogen and oxygen atoms in total. The van der Waals surface area contributed by atoms with E-state index in [-0.39, 0.29) is 0 Å². The van der Waals surface area contributed by atoms with Crippen LogP contribution in [0.25, 0.3) is 93.9 Å². The Kier molecular flexibility index (Phi) is 9.89. The maximum absolute atomic E-state index is 2.43. The van der Waals surface area contributed by atoms with Gasteiger partial charge in [0, 0.05) is 33.3 Å². The number of hydrogen-bond donors (Lipinski definition) is 0. The van der Waals surface area contributed by atoms with E-state index in [4.69, 9.17) is 0 Å². The summed E-state index contributed by atoms with van der Waals surface area (Å²) in [4.78, 5) is 2.43. The lowest BCUT2D eigenvalue weighted by Gasteiger charge is -2.29. The lowest BCUT2D eigenvalue weighted by molar-refractivity contribution is 1.18. The van der Waals surface area contributed by atoms with Gasteiger partial charge in [0.15, 0.2) is 0 Å². The van der Waals surface area contributed by atoms with E-state index in [1.165, 1.54) is 71.5 Å². The van der Waals surface area contributed by atoms with Gasteiger partial charge in [-0.25, -0.2) is 0 Å². The van der Waals surface area contributed by atoms with Crippen LogP contribution in [0.2, 0.25) is 0 Å². The van der Waals surface area contributed by atoms with Crippen molar-refractivity contribution in [2.45, 2.75) is 0 Å². The van der Waals surface area contributed by atoms with E-state index in [1.54, 1.807) is 0 Å². The molecule has 0 amide bonds. The predicted molar refractivity (Wildman–Crippen MR) is 280 cm³/mol. The lowest BCUT2D eigenvalue weighted by atomic mass is 9.94. The number of nitrogens with zero attached hydrogens (tertiary/aromatic N) is 2. The third-order valence-electron chi connectivity index (χ3n) is 13.0. The zero-order valence-electron chi connectivity index (χ0n) is 36.3. The van der Waals surface area contributed by atoms with Gasteiger partial charge in [-0.1, -0.05) is 212 Å². The number of hydrogen-bond acceptors (Lipinski definition) is 1. The highest BCUT2D eigenvalue weighted by Gasteiger charge is 2.21. The van der Waals surface area contributed by atoms with Gasteiger partial charge in [0.25, 0.3) is 0 Å². The lowest BCUT2D eigenvalue weighted by Crippen LogP contribution is -2.11. The highest BCUT2D eigenvalue weighted by atomic mass is 15.1. The molecule has 12 rings (SSSR count). The van der Waals surface area contributed by atoms with Crippen molar-refractivity contribution >= 4 is 49.6 Å². The highest BCUT2D eigenvalue weighted by Crippen LogP contribution is 2.45. The first-order valence-corrected chi connectivity index (χ1v) is 22.7. The predicted octanol–water partition coefficient (Wildman–Crippen LogP) is 17.7. The summed E-state index contributed by atoms with van der Waals surface area (Å²) in [6.07, 6.45) is 0. The average Bonchev–Trinajstić information content (AvgIpc) is 3.74. The van der Waals surface area contributed by atoms with Gasteiger partial charge in [-0.05, 0) is 110 Å². The summed E-state index contributed by atoms with van der Waals surface area (Å²) in [6, 6.07) is 97.0. The molecule has 1 aromatic heterocycles. The molecule has 0 saturated carbocycles. The Hall–Kier alpha value is -8.72. The van der Waals surface area contributed by atoms with E-state index in [9.17, 15) is 0 Å². The van der Waals surface area contributed by atoms with Crippen LogP contribution in [0.1, 0.15) is 0 Å². The van der Waals surface area contributed by atoms with Crippen LogP contribution < -0.4 is 4.90 Å². The highest BCUT2D eigenvalue weighted by molar-refractivity contribution is 6.10. The summed E-state index contributed by atoms with van der Waals surface area (Å²) < 4.78 is 2.43. The molecule has 0 spiro atoms. The van der Waals surface area contributed by atoms with Crippen molar-refractivity contribution < 1.29 is 0 Å². The molecule has 0 atom stereocenters. The van der Waals surface area contributed by atoms with Gasteiger partial charge in [-0.3, -0.25) is 0 Å². The molecule has 0 unspecified atom stereocenters. The van der Waals surface area contributed by atoms with Crippen molar-refractivity contribution in [2.75, 3.05) is 4.90 Å². The van der Waals surface area contributed by atoms with Crippen molar-refractivity contribution in [3.63, 3.8) is 0 Å². The van der Waals surface area contributed by atoms with Crippen LogP contribution in [0, 0.1) is 0 Å². The molecule has 2 heteroatoms. The van der Waals surface area contributed by atoms with Crippen LogP contribution in [-0.2, 0) is 0 Å². The molecule has 0 fully saturated rings. The molecule has 12 aromatic rings. The number of rotatable bonds is 9. The maximum Gasteiger partial charge on any atom is 0.0541 e. The third-order valence-corrected chi connectivity index (χ3v) is 13.0. The van der Waals surface area contributed by atoms with Crippen molar-refractivity contribution in [1.29, 1.82) is 0 Å². The number of benzene rings is 11. The van der Waals surface area contributed by atoms with E-state index in [0.717, 1.165) is 39.4 Å². The number of para-hydroxylation sites is 3. The molecule has 66 heavy (non-hydrogen) atoms. The minimum Gasteiger partial charge on any atom is -0.310 e. The first-order chi connectivity index (χ1) is 32.7. The van der Waals surface area contributed by atoms with Gasteiger partial charge in [-0.2, -0.15) is 0 Å². The first-order valence-electron chi connectivity index (χ1n) is 22.7. The van der Waals surface area contributed by atoms with E-state index >= 15 is 0 Å². The van der Waals surface area contributed by atoms with Crippen molar-refractivity contribution in [2.24, 2.45) is 0 Å². The summed E-state index contributed by atoms with van der Waals surface area (Å²) in [6.45, 7) is 0. The van der Waals surface area contributed by atoms with Crippen LogP contribution in [0.3, 0.4) is 0 Å². The Morgan fingerprint density at radius 3 is 1.42 bits per heavy atom. The second kappa shape index (κ2) is 16.8. The summed E-state index contributed by atoms with van der Waals surface area (Å²) in [7, 11) is 0. The number of aromatic nitrogens is 1. The standard InChI is InChI=1S/C64H44N2/c1-3-17-45(18-4-1)46-33-35-47(36-34-46)48-37-40-53(41-38-48)65(54-24-15-23-51(43-54)56-29-16-22-49-21-7-8-25-55(49)56)64-42-39-52(44-60(64)50-19-5-2-6-20-50)57-26-9-12-30-61(57)66-62-31-13-10-27-58(62)59-28-11-14-32-63(59)66/h1-44H. The Morgan fingerprint density at radius 1 is 0.258 bits per heavy atom. The Labute approximate surface area is 385 Å². The molecule has 0 N–H and O–H groups in total. The second-order valence-corrected chi connectivity index (χ2v) is 16.9. The molecule has 0 bridgehead atoms. The van der Waals surface area contributed by atoms with Crippen LogP contribution in [0.15, 0.2) is 267 Å². The molecule has 0 aliphatic carbocycles. The minimum atomic E-state index is 1.07. The normalized spacial score (nSPS) is 11.3. The molecule has 0 aliphatic rings. The van der Waals surface area contributed by atoms with E-state index in [2.05, 4.69) is 276 Å². The van der Waals surface area contributed by atoms with Crippen LogP contribution in [0.4, 0.5) is 17.1 Å². The van der Waals surface area contributed by atoms with Gasteiger partial charge in [0.2, 0.25) is 0 Å². The van der Waals surface area contributed by atoms with Crippen LogP contribution >= 0.6 is 0 Å². The molecule has 0 aliphatic heterocycles. The topological polar surface area (TPSA) is 8.17 Å². The molecule has 0 saturated heterocycles. The monoisotopic (exact) mass is 840 g/mol. The molecule has 310 valence electrons. The smallest absolute Gasteiger partial charge is 0.0541 e. The maximum atomic E-state index is 2.43. The minimum absolute atomic E-state index is 1.07. The first kappa shape index (κ1) is 38.9. The van der Waals surface area contributed by atoms with Crippen molar-refractivity contribution in [1.82, 2.24) is 4.57 Å². The Bertz CT molecular complexity index is 3620. The van der Waals surface area contributed by atoms with E-state index in [0.29, 0.717) is 0 Å². The quantitative estimate of drug-likeness (QED) is 0.141. The summed E-state index contributed by atoms with van der Waals surface area (Å²) in [5, 5.41) is 4.97. The van der Waals surface area contributed by atoms with Crippen molar-refractivity contribution in [3.05, 3.63) is 267 Å². The van der Waals surface area contributed by atoms with Gasteiger partial charge in [0.05, 0.1) is 22.4 Å². The Morgan fingerprint density at radius 2 is 0.727 bits per heavy atom. The van der Waals surface area contributed by atoms with Crippen LogP contribution in [0.5, 0.6) is 0 Å². The fraction of sp³-hybridized carbons (Fsp3) is 0. The van der Waals surface area contributed by atoms with E-state index < -0.39 is 0 Å². The van der Waals surface area contributed by atoms with Gasteiger partial charge < -0.3 is 9.47 Å². The van der Waals surface area contributed by atoms with Crippen molar-refractivity contribution in [3.8, 4) is 61.3 Å². The van der Waals surface area contributed by atoms with Gasteiger partial charge in [-0.15, -0.1) is 0 Å². The zero-order chi connectivity index (χ0) is 43.8. The zero-order valence-corrected chi connectivity index (χ0v) is 36.3. The average molecular weight is 841 g/mol. The fourth-order valence-electron chi connectivity index (χ4n) is 9.85. The fourth-order valence-corrected chi connectivity index (χ4v) is 9.85. The Balaban J connectivity index is 1.03. The second-order valence-electron chi connectivity index (χ2n) is 16.9. The van der Waals surface area contributed by atoms with E-state index in [1.807, 2.05) is 0 Å². The number of anilines is 3. The summed E-state index contributed by atoms with van der Waals surface area (Å²) in [5.41, 5.74) is 18.5. The van der Waals surface area contributed by atoms with Crippen LogP contribution in [-0.4, -0.2) is 4.57 Å². The SMILES string of the molecule is c1ccc(-c2ccc(-c3ccc(N(c4cccc(-c5cccc6ccccc56)c4)c4ccc(-c5ccccc5-n5c6ccccc6c6ccccc65)cc4-c4ccccc4)cc3)cc2)cc1. The molecule has 11 aromatic carbocycles. The largest absolute Gasteiger partial charge is 0.310 e. The molecular weight excluding hydrogens is 797 g/mol. The van der Waals surface area contributed by atoms with Gasteiger partial charge in [0.1, 0.15) is 0 Å². The molecular formula is C64H44N2. The molecule has 1 heterocycles. The number of fused-ring (bicyclic) bond motifs is 4. The summed E-state index contributed by atoms with van der Waals surface area (Å²) >= 11 is 0. The molecule has 0 radical (unpaired) electrons.